The summed E-state index contributed by atoms with van der Waals surface area (Å²) in [5.41, 5.74) is 10.2. The van der Waals surface area contributed by atoms with E-state index in [9.17, 15) is 13.6 Å². The van der Waals surface area contributed by atoms with Crippen molar-refractivity contribution in [3.63, 3.8) is 0 Å². The second kappa shape index (κ2) is 11.2. The van der Waals surface area contributed by atoms with Gasteiger partial charge in [0, 0.05) is 34.8 Å². The Morgan fingerprint density at radius 2 is 1.97 bits per heavy atom. The van der Waals surface area contributed by atoms with Crippen LogP contribution in [0.1, 0.15) is 40.4 Å². The van der Waals surface area contributed by atoms with Crippen molar-refractivity contribution in [1.82, 2.24) is 20.3 Å². The highest BCUT2D eigenvalue weighted by atomic mass is 32.2. The lowest BCUT2D eigenvalue weighted by atomic mass is 10.1. The zero-order chi connectivity index (χ0) is 27.5. The summed E-state index contributed by atoms with van der Waals surface area (Å²) in [6.07, 6.45) is 6.15. The summed E-state index contributed by atoms with van der Waals surface area (Å²) >= 11 is 1.74. The molecule has 3 heterocycles. The average Bonchev–Trinajstić information content (AvgIpc) is 3.41. The van der Waals surface area contributed by atoms with Gasteiger partial charge in [0.05, 0.1) is 11.1 Å². The SMILES string of the molecule is C=C(C)c1cnc(NCC2CC=C(c3ccc4ncnc(N)c4c3)S2)c(C(=O)NCc2ccc(F)c(F)c2)c1. The summed E-state index contributed by atoms with van der Waals surface area (Å²) in [4.78, 5) is 27.1. The number of nitrogens with zero attached hydrogens (tertiary/aromatic N) is 3. The number of hydrogen-bond donors (Lipinski definition) is 3. The fraction of sp³-hybridized carbons (Fsp3) is 0.172. The molecule has 1 aliphatic heterocycles. The summed E-state index contributed by atoms with van der Waals surface area (Å²) in [6, 6.07) is 11.2. The Balaban J connectivity index is 1.26. The lowest BCUT2D eigenvalue weighted by Gasteiger charge is -2.16. The van der Waals surface area contributed by atoms with Crippen molar-refractivity contribution in [2.45, 2.75) is 25.1 Å². The minimum absolute atomic E-state index is 0.0415. The number of anilines is 2. The van der Waals surface area contributed by atoms with E-state index in [-0.39, 0.29) is 17.7 Å². The number of nitrogen functional groups attached to an aromatic ring is 1. The fourth-order valence-electron chi connectivity index (χ4n) is 4.20. The van der Waals surface area contributed by atoms with Crippen LogP contribution < -0.4 is 16.4 Å². The second-order valence-corrected chi connectivity index (χ2v) is 10.6. The van der Waals surface area contributed by atoms with E-state index in [1.54, 1.807) is 24.0 Å². The molecule has 0 saturated carbocycles. The zero-order valence-electron chi connectivity index (χ0n) is 21.2. The van der Waals surface area contributed by atoms with Crippen LogP contribution in [0.4, 0.5) is 20.4 Å². The fourth-order valence-corrected chi connectivity index (χ4v) is 5.38. The van der Waals surface area contributed by atoms with E-state index >= 15 is 0 Å². The first-order valence-electron chi connectivity index (χ1n) is 12.3. The standard InChI is InChI=1S/C29H26F2N6OS/c1-16(2)19-11-22(29(38)35-12-17-3-6-23(30)24(31)9-17)28(33-13-19)34-14-20-5-8-26(39-20)18-4-7-25-21(10-18)27(32)37-15-36-25/h3-4,6-11,13,15,20H,1,5,12,14H2,2H3,(H,33,34)(H,35,38)(H2,32,36,37). The molecule has 7 nitrogen and oxygen atoms in total. The van der Waals surface area contributed by atoms with Crippen LogP contribution in [0.2, 0.25) is 0 Å². The predicted molar refractivity (Wildman–Crippen MR) is 153 cm³/mol. The number of fused-ring (bicyclic) bond motifs is 1. The van der Waals surface area contributed by atoms with Gasteiger partial charge in [0.15, 0.2) is 11.6 Å². The molecule has 0 fully saturated rings. The first-order chi connectivity index (χ1) is 18.8. The van der Waals surface area contributed by atoms with E-state index in [4.69, 9.17) is 5.73 Å². The topological polar surface area (TPSA) is 106 Å². The third-order valence-electron chi connectivity index (χ3n) is 6.37. The largest absolute Gasteiger partial charge is 0.383 e. The number of aromatic nitrogens is 3. The number of halogens is 2. The molecule has 1 aliphatic rings. The van der Waals surface area contributed by atoms with Gasteiger partial charge in [0.2, 0.25) is 0 Å². The van der Waals surface area contributed by atoms with Crippen molar-refractivity contribution in [1.29, 1.82) is 0 Å². The maximum absolute atomic E-state index is 13.6. The Labute approximate surface area is 228 Å². The van der Waals surface area contributed by atoms with Gasteiger partial charge in [0.25, 0.3) is 5.91 Å². The van der Waals surface area contributed by atoms with Crippen molar-refractivity contribution in [2.75, 3.05) is 17.6 Å². The molecule has 1 amide bonds. The van der Waals surface area contributed by atoms with Crippen LogP contribution in [-0.2, 0) is 6.54 Å². The van der Waals surface area contributed by atoms with Crippen LogP contribution in [0.3, 0.4) is 0 Å². The Morgan fingerprint density at radius 3 is 2.77 bits per heavy atom. The molecule has 2 aromatic heterocycles. The number of rotatable bonds is 8. The van der Waals surface area contributed by atoms with E-state index in [0.717, 1.165) is 51.1 Å². The highest BCUT2D eigenvalue weighted by molar-refractivity contribution is 8.09. The lowest BCUT2D eigenvalue weighted by Crippen LogP contribution is -2.25. The van der Waals surface area contributed by atoms with Crippen LogP contribution >= 0.6 is 11.8 Å². The Kier molecular flexibility index (Phi) is 7.56. The van der Waals surface area contributed by atoms with Crippen molar-refractivity contribution in [2.24, 2.45) is 0 Å². The first kappa shape index (κ1) is 26.3. The van der Waals surface area contributed by atoms with Crippen LogP contribution in [0, 0.1) is 11.6 Å². The molecule has 0 bridgehead atoms. The molecule has 4 N–H and O–H groups in total. The molecule has 10 heteroatoms. The molecule has 5 rings (SSSR count). The number of pyridine rings is 1. The van der Waals surface area contributed by atoms with E-state index in [2.05, 4.69) is 38.2 Å². The summed E-state index contributed by atoms with van der Waals surface area (Å²) in [5.74, 6) is -1.39. The van der Waals surface area contributed by atoms with E-state index in [1.807, 2.05) is 25.1 Å². The number of nitrogens with two attached hydrogens (primary N) is 1. The number of hydrogen-bond acceptors (Lipinski definition) is 7. The van der Waals surface area contributed by atoms with E-state index in [1.165, 1.54) is 12.4 Å². The minimum atomic E-state index is -0.961. The summed E-state index contributed by atoms with van der Waals surface area (Å²) in [5, 5.41) is 7.13. The second-order valence-electron chi connectivity index (χ2n) is 9.25. The number of amides is 1. The summed E-state index contributed by atoms with van der Waals surface area (Å²) in [7, 11) is 0. The Hall–Kier alpha value is -4.31. The summed E-state index contributed by atoms with van der Waals surface area (Å²) < 4.78 is 26.8. The first-order valence-corrected chi connectivity index (χ1v) is 13.2. The molecule has 2 aromatic carbocycles. The third-order valence-corrected chi connectivity index (χ3v) is 7.72. The van der Waals surface area contributed by atoms with Gasteiger partial charge in [-0.05, 0) is 65.9 Å². The van der Waals surface area contributed by atoms with Crippen LogP contribution in [-0.4, -0.2) is 32.7 Å². The lowest BCUT2D eigenvalue weighted by molar-refractivity contribution is 0.0951. The number of nitrogens with one attached hydrogen (secondary N) is 2. The molecule has 198 valence electrons. The molecule has 0 radical (unpaired) electrons. The van der Waals surface area contributed by atoms with Crippen molar-refractivity contribution >= 4 is 50.7 Å². The molecule has 0 aliphatic carbocycles. The van der Waals surface area contributed by atoms with Gasteiger partial charge in [-0.1, -0.05) is 24.8 Å². The van der Waals surface area contributed by atoms with Gasteiger partial charge in [0.1, 0.15) is 18.0 Å². The molecule has 0 spiro atoms. The molecule has 0 saturated heterocycles. The Bertz CT molecular complexity index is 1620. The average molecular weight is 545 g/mol. The van der Waals surface area contributed by atoms with Gasteiger partial charge < -0.3 is 16.4 Å². The number of carbonyl (C=O) groups excluding carboxylic acids is 1. The Morgan fingerprint density at radius 1 is 1.13 bits per heavy atom. The number of thioether (sulfide) groups is 1. The quantitative estimate of drug-likeness (QED) is 0.257. The van der Waals surface area contributed by atoms with Gasteiger partial charge >= 0.3 is 0 Å². The van der Waals surface area contributed by atoms with Gasteiger partial charge in [-0.3, -0.25) is 4.79 Å². The molecular weight excluding hydrogens is 518 g/mol. The van der Waals surface area contributed by atoms with Crippen LogP contribution in [0.5, 0.6) is 0 Å². The smallest absolute Gasteiger partial charge is 0.255 e. The monoisotopic (exact) mass is 544 g/mol. The number of carbonyl (C=O) groups is 1. The maximum Gasteiger partial charge on any atom is 0.255 e. The van der Waals surface area contributed by atoms with Gasteiger partial charge in [-0.15, -0.1) is 11.8 Å². The molecular formula is C29H26F2N6OS. The summed E-state index contributed by atoms with van der Waals surface area (Å²) in [6.45, 7) is 6.39. The van der Waals surface area contributed by atoms with Crippen molar-refractivity contribution in [3.8, 4) is 0 Å². The molecule has 39 heavy (non-hydrogen) atoms. The number of allylic oxidation sites excluding steroid dienone is 2. The van der Waals surface area contributed by atoms with E-state index < -0.39 is 11.6 Å². The maximum atomic E-state index is 13.6. The highest BCUT2D eigenvalue weighted by Gasteiger charge is 2.21. The molecule has 1 atom stereocenters. The third kappa shape index (κ3) is 5.91. The molecule has 1 unspecified atom stereocenters. The van der Waals surface area contributed by atoms with Crippen LogP contribution in [0.25, 0.3) is 21.4 Å². The van der Waals surface area contributed by atoms with Crippen LogP contribution in [0.15, 0.2) is 67.6 Å². The minimum Gasteiger partial charge on any atom is -0.383 e. The van der Waals surface area contributed by atoms with Crippen molar-refractivity contribution < 1.29 is 13.6 Å². The molecule has 4 aromatic rings. The zero-order valence-corrected chi connectivity index (χ0v) is 22.0. The van der Waals surface area contributed by atoms with E-state index in [0.29, 0.717) is 29.3 Å². The van der Waals surface area contributed by atoms with Gasteiger partial charge in [-0.25, -0.2) is 23.7 Å². The van der Waals surface area contributed by atoms with Gasteiger partial charge in [-0.2, -0.15) is 0 Å². The predicted octanol–water partition coefficient (Wildman–Crippen LogP) is 5.81. The highest BCUT2D eigenvalue weighted by Crippen LogP contribution is 2.40. The normalized spacial score (nSPS) is 14.7. The van der Waals surface area contributed by atoms with Crippen molar-refractivity contribution in [3.05, 3.63) is 102 Å². The number of benzene rings is 2.